The molecule has 0 aliphatic rings. The highest BCUT2D eigenvalue weighted by Crippen LogP contribution is 2.22. The van der Waals surface area contributed by atoms with E-state index in [-0.39, 0.29) is 17.4 Å². The maximum absolute atomic E-state index is 12.8. The lowest BCUT2D eigenvalue weighted by molar-refractivity contribution is -0.893. The number of aliphatic hydroxyl groups excluding tert-OH is 1. The van der Waals surface area contributed by atoms with E-state index < -0.39 is 42.8 Å². The average Bonchev–Trinajstić information content (AvgIpc) is 2.18. The fourth-order valence-corrected chi connectivity index (χ4v) is 3.48. The van der Waals surface area contributed by atoms with Crippen molar-refractivity contribution < 1.29 is 39.8 Å². The zero-order valence-corrected chi connectivity index (χ0v) is 14.5. The highest BCUT2D eigenvalue weighted by molar-refractivity contribution is 7.92. The predicted octanol–water partition coefficient (Wildman–Crippen LogP) is -0.223. The van der Waals surface area contributed by atoms with Gasteiger partial charge in [0.05, 0.1) is 42.3 Å². The molecule has 0 aliphatic carbocycles. The van der Waals surface area contributed by atoms with Crippen LogP contribution in [-0.2, 0) is 20.0 Å². The van der Waals surface area contributed by atoms with Crippen LogP contribution in [-0.4, -0.2) is 81.0 Å². The molecule has 0 aromatic carbocycles. The van der Waals surface area contributed by atoms with Gasteiger partial charge in [0.25, 0.3) is 0 Å². The van der Waals surface area contributed by atoms with Gasteiger partial charge in [0.1, 0.15) is 12.6 Å². The Balaban J connectivity index is 4.30. The molecule has 22 heavy (non-hydrogen) atoms. The van der Waals surface area contributed by atoms with Crippen LogP contribution in [0.3, 0.4) is 0 Å². The number of hydrogen-bond donors (Lipinski definition) is 1. The van der Waals surface area contributed by atoms with Gasteiger partial charge in [-0.1, -0.05) is 0 Å². The molecule has 0 saturated heterocycles. The number of alkyl halides is 2. The van der Waals surface area contributed by atoms with Crippen LogP contribution in [0.15, 0.2) is 0 Å². The fraction of sp³-hybridized carbons (Fsp3) is 1.00. The molecule has 0 saturated carbocycles. The van der Waals surface area contributed by atoms with Crippen molar-refractivity contribution in [3.8, 4) is 0 Å². The maximum Gasteiger partial charge on any atom is 0.342 e. The molecule has 0 aromatic heterocycles. The van der Waals surface area contributed by atoms with E-state index in [9.17, 15) is 35.3 Å². The molecular formula is C11H23F2NO6S2. The normalized spacial score (nSPS) is 15.8. The van der Waals surface area contributed by atoms with Gasteiger partial charge in [-0.25, -0.2) is 16.8 Å². The number of unbranched alkanes of at least 4 members (excludes halogenated alkanes) is 1. The molecular weight excluding hydrogens is 344 g/mol. The molecule has 0 amide bonds. The zero-order valence-electron chi connectivity index (χ0n) is 12.8. The highest BCUT2D eigenvalue weighted by atomic mass is 32.2. The Kier molecular flexibility index (Phi) is 7.35. The lowest BCUT2D eigenvalue weighted by atomic mass is 10.2. The Morgan fingerprint density at radius 2 is 1.68 bits per heavy atom. The summed E-state index contributed by atoms with van der Waals surface area (Å²) in [4.78, 5) is 0. The number of sulfone groups is 1. The van der Waals surface area contributed by atoms with E-state index in [1.165, 1.54) is 0 Å². The minimum Gasteiger partial charge on any atom is -0.748 e. The van der Waals surface area contributed by atoms with Gasteiger partial charge in [-0.3, -0.25) is 0 Å². The van der Waals surface area contributed by atoms with Crippen molar-refractivity contribution >= 4 is 20.0 Å². The van der Waals surface area contributed by atoms with E-state index in [1.54, 1.807) is 14.1 Å². The Bertz CT molecular complexity index is 554. The number of rotatable bonds is 10. The van der Waals surface area contributed by atoms with E-state index in [1.807, 2.05) is 0 Å². The fourth-order valence-electron chi connectivity index (χ4n) is 1.96. The van der Waals surface area contributed by atoms with Crippen LogP contribution in [0.1, 0.15) is 19.8 Å². The van der Waals surface area contributed by atoms with Crippen LogP contribution in [0.2, 0.25) is 0 Å². The highest BCUT2D eigenvalue weighted by Gasteiger charge is 2.38. The predicted molar refractivity (Wildman–Crippen MR) is 76.1 cm³/mol. The summed E-state index contributed by atoms with van der Waals surface area (Å²) in [6.07, 6.45) is -0.996. The van der Waals surface area contributed by atoms with Gasteiger partial charge in [0.15, 0.2) is 0 Å². The van der Waals surface area contributed by atoms with Gasteiger partial charge < -0.3 is 14.1 Å². The summed E-state index contributed by atoms with van der Waals surface area (Å²) in [6, 6.07) is 0. The smallest absolute Gasteiger partial charge is 0.342 e. The standard InChI is InChI=1S/C11H23F2NO6S2/c1-11(12,13)21(16,17)7-5-4-6-14(2,3)8-10(15)9-22(18,19)20/h10,15H,4-9H2,1-3H3. The molecule has 0 radical (unpaired) electrons. The summed E-state index contributed by atoms with van der Waals surface area (Å²) in [7, 11) is -5.69. The third kappa shape index (κ3) is 8.93. The molecule has 0 rings (SSSR count). The first kappa shape index (κ1) is 21.6. The van der Waals surface area contributed by atoms with Crippen LogP contribution in [0.5, 0.6) is 0 Å². The summed E-state index contributed by atoms with van der Waals surface area (Å²) >= 11 is 0. The molecule has 0 aromatic rings. The van der Waals surface area contributed by atoms with E-state index in [0.717, 1.165) is 0 Å². The van der Waals surface area contributed by atoms with Crippen molar-refractivity contribution in [3.63, 3.8) is 0 Å². The molecule has 0 heterocycles. The first-order valence-corrected chi connectivity index (χ1v) is 9.82. The molecule has 0 spiro atoms. The Labute approximate surface area is 130 Å². The molecule has 7 nitrogen and oxygen atoms in total. The second-order valence-corrected chi connectivity index (χ2v) is 9.86. The molecule has 134 valence electrons. The van der Waals surface area contributed by atoms with Gasteiger partial charge in [0.2, 0.25) is 9.84 Å². The van der Waals surface area contributed by atoms with Crippen LogP contribution in [0.4, 0.5) is 8.78 Å². The van der Waals surface area contributed by atoms with Gasteiger partial charge in [-0.15, -0.1) is 0 Å². The maximum atomic E-state index is 12.8. The molecule has 1 unspecified atom stereocenters. The second kappa shape index (κ2) is 7.47. The molecule has 1 atom stereocenters. The minimum absolute atomic E-state index is 0.0157. The summed E-state index contributed by atoms with van der Waals surface area (Å²) in [5.41, 5.74) is 0. The first-order valence-electron chi connectivity index (χ1n) is 6.59. The average molecular weight is 367 g/mol. The molecule has 1 N–H and O–H groups in total. The molecule has 0 bridgehead atoms. The van der Waals surface area contributed by atoms with Crippen molar-refractivity contribution in [1.82, 2.24) is 0 Å². The third-order valence-corrected chi connectivity index (χ3v) is 5.79. The van der Waals surface area contributed by atoms with E-state index in [0.29, 0.717) is 19.9 Å². The summed E-state index contributed by atoms with van der Waals surface area (Å²) in [6.45, 7) is 0.668. The monoisotopic (exact) mass is 367 g/mol. The second-order valence-electron chi connectivity index (χ2n) is 6.05. The molecule has 11 heteroatoms. The molecule has 0 fully saturated rings. The number of quaternary nitrogens is 1. The summed E-state index contributed by atoms with van der Waals surface area (Å²) in [5.74, 6) is -1.54. The number of hydrogen-bond acceptors (Lipinski definition) is 6. The first-order chi connectivity index (χ1) is 9.56. The largest absolute Gasteiger partial charge is 0.748 e. The van der Waals surface area contributed by atoms with Crippen molar-refractivity contribution in [2.75, 3.05) is 38.7 Å². The summed E-state index contributed by atoms with van der Waals surface area (Å²) < 4.78 is 79.7. The van der Waals surface area contributed by atoms with Gasteiger partial charge in [0, 0.05) is 6.92 Å². The SMILES string of the molecule is CC(F)(F)S(=O)(=O)CCCC[N+](C)(C)CC(O)CS(=O)(=O)[O-]. The van der Waals surface area contributed by atoms with Gasteiger partial charge in [-0.05, 0) is 12.8 Å². The number of aliphatic hydroxyl groups is 1. The third-order valence-electron chi connectivity index (χ3n) is 3.07. The van der Waals surface area contributed by atoms with Crippen LogP contribution < -0.4 is 0 Å². The van der Waals surface area contributed by atoms with Crippen LogP contribution in [0.25, 0.3) is 0 Å². The van der Waals surface area contributed by atoms with Gasteiger partial charge >= 0.3 is 5.25 Å². The topological polar surface area (TPSA) is 112 Å². The zero-order chi connectivity index (χ0) is 17.8. The van der Waals surface area contributed by atoms with Crippen molar-refractivity contribution in [3.05, 3.63) is 0 Å². The van der Waals surface area contributed by atoms with Crippen molar-refractivity contribution in [2.24, 2.45) is 0 Å². The van der Waals surface area contributed by atoms with E-state index >= 15 is 0 Å². The van der Waals surface area contributed by atoms with Crippen molar-refractivity contribution in [2.45, 2.75) is 31.1 Å². The van der Waals surface area contributed by atoms with Crippen LogP contribution in [0, 0.1) is 0 Å². The Morgan fingerprint density at radius 3 is 2.09 bits per heavy atom. The lowest BCUT2D eigenvalue weighted by Gasteiger charge is -2.32. The number of likely N-dealkylation sites (N-methyl/N-ethyl adjacent to an activating group) is 1. The van der Waals surface area contributed by atoms with E-state index in [2.05, 4.69) is 0 Å². The number of halogens is 2. The van der Waals surface area contributed by atoms with E-state index in [4.69, 9.17) is 0 Å². The number of nitrogens with zero attached hydrogens (tertiary/aromatic N) is 1. The Hall–Kier alpha value is -0.360. The summed E-state index contributed by atoms with van der Waals surface area (Å²) in [5, 5.41) is 5.76. The van der Waals surface area contributed by atoms with Crippen LogP contribution >= 0.6 is 0 Å². The van der Waals surface area contributed by atoms with Crippen molar-refractivity contribution in [1.29, 1.82) is 0 Å². The molecule has 0 aliphatic heterocycles. The lowest BCUT2D eigenvalue weighted by Crippen LogP contribution is -2.47. The Morgan fingerprint density at radius 1 is 1.18 bits per heavy atom. The quantitative estimate of drug-likeness (QED) is 0.324. The van der Waals surface area contributed by atoms with Gasteiger partial charge in [-0.2, -0.15) is 8.78 Å². The minimum atomic E-state index is -4.53.